The predicted molar refractivity (Wildman–Crippen MR) is 114 cm³/mol. The van der Waals surface area contributed by atoms with E-state index in [0.29, 0.717) is 11.3 Å². The summed E-state index contributed by atoms with van der Waals surface area (Å²) < 4.78 is 47.0. The predicted octanol–water partition coefficient (Wildman–Crippen LogP) is 4.50. The van der Waals surface area contributed by atoms with Gasteiger partial charge in [-0.25, -0.2) is 12.8 Å². The molecule has 2 N–H and O–H groups in total. The largest absolute Gasteiger partial charge is 0.496 e. The first-order chi connectivity index (χ1) is 14.2. The molecule has 0 aliphatic carbocycles. The lowest BCUT2D eigenvalue weighted by atomic mass is 10.1. The smallest absolute Gasteiger partial charge is 0.262 e. The summed E-state index contributed by atoms with van der Waals surface area (Å²) >= 11 is 0. The lowest BCUT2D eigenvalue weighted by Crippen LogP contribution is -2.17. The molecule has 0 unspecified atom stereocenters. The summed E-state index contributed by atoms with van der Waals surface area (Å²) in [5, 5.41) is 2.60. The molecule has 1 amide bonds. The molecule has 3 rings (SSSR count). The van der Waals surface area contributed by atoms with Crippen LogP contribution < -0.4 is 14.8 Å². The van der Waals surface area contributed by atoms with Crippen LogP contribution in [0.3, 0.4) is 0 Å². The van der Waals surface area contributed by atoms with Crippen molar-refractivity contribution in [3.8, 4) is 5.75 Å². The first-order valence-electron chi connectivity index (χ1n) is 9.04. The topological polar surface area (TPSA) is 84.5 Å². The first-order valence-corrected chi connectivity index (χ1v) is 10.5. The molecule has 8 heteroatoms. The Labute approximate surface area is 174 Å². The van der Waals surface area contributed by atoms with Crippen LogP contribution in [0.5, 0.6) is 5.75 Å². The standard InChI is InChI=1S/C22H21FN2O4S/c1-14-5-4-6-18(11-14)25-30(27,28)21-13-17(9-7-15(21)2)24-22(26)19-12-16(23)8-10-20(19)29-3/h4-13,25H,1-3H3,(H,24,26). The van der Waals surface area contributed by atoms with E-state index in [1.54, 1.807) is 37.3 Å². The number of aryl methyl sites for hydroxylation is 2. The second kappa shape index (κ2) is 8.54. The monoisotopic (exact) mass is 428 g/mol. The average Bonchev–Trinajstić information content (AvgIpc) is 2.69. The Kier molecular flexibility index (Phi) is 6.07. The zero-order valence-electron chi connectivity index (χ0n) is 16.7. The van der Waals surface area contributed by atoms with Crippen LogP contribution >= 0.6 is 0 Å². The van der Waals surface area contributed by atoms with Crippen LogP contribution in [0.1, 0.15) is 21.5 Å². The van der Waals surface area contributed by atoms with Crippen molar-refractivity contribution in [1.29, 1.82) is 0 Å². The molecule has 0 aliphatic heterocycles. The number of carbonyl (C=O) groups excluding carboxylic acids is 1. The van der Waals surface area contributed by atoms with E-state index in [0.717, 1.165) is 11.6 Å². The van der Waals surface area contributed by atoms with Crippen LogP contribution in [-0.4, -0.2) is 21.4 Å². The molecular weight excluding hydrogens is 407 g/mol. The third-order valence-corrected chi connectivity index (χ3v) is 5.94. The summed E-state index contributed by atoms with van der Waals surface area (Å²) in [5.74, 6) is -1.00. The number of sulfonamides is 1. The summed E-state index contributed by atoms with van der Waals surface area (Å²) in [5.41, 5.74) is 2.11. The van der Waals surface area contributed by atoms with E-state index in [9.17, 15) is 17.6 Å². The number of halogens is 1. The van der Waals surface area contributed by atoms with Crippen LogP contribution in [0.2, 0.25) is 0 Å². The van der Waals surface area contributed by atoms with Gasteiger partial charge in [0, 0.05) is 11.4 Å². The summed E-state index contributed by atoms with van der Waals surface area (Å²) in [6, 6.07) is 15.1. The van der Waals surface area contributed by atoms with E-state index in [-0.39, 0.29) is 21.9 Å². The van der Waals surface area contributed by atoms with Gasteiger partial charge in [0.15, 0.2) is 0 Å². The number of hydrogen-bond donors (Lipinski definition) is 2. The number of benzene rings is 3. The zero-order valence-corrected chi connectivity index (χ0v) is 17.5. The van der Waals surface area contributed by atoms with Crippen molar-refractivity contribution < 1.29 is 22.3 Å². The third kappa shape index (κ3) is 4.77. The highest BCUT2D eigenvalue weighted by Gasteiger charge is 2.19. The van der Waals surface area contributed by atoms with Crippen LogP contribution in [0.4, 0.5) is 15.8 Å². The van der Waals surface area contributed by atoms with Crippen LogP contribution in [0, 0.1) is 19.7 Å². The van der Waals surface area contributed by atoms with E-state index in [4.69, 9.17) is 4.74 Å². The van der Waals surface area contributed by atoms with Gasteiger partial charge in [0.2, 0.25) is 0 Å². The molecule has 0 aliphatic rings. The van der Waals surface area contributed by atoms with Crippen molar-refractivity contribution in [1.82, 2.24) is 0 Å². The molecule has 0 radical (unpaired) electrons. The zero-order chi connectivity index (χ0) is 21.9. The molecule has 0 aromatic heterocycles. The molecule has 0 saturated carbocycles. The Balaban J connectivity index is 1.90. The Morgan fingerprint density at radius 1 is 0.967 bits per heavy atom. The third-order valence-electron chi connectivity index (χ3n) is 4.41. The first kappa shape index (κ1) is 21.3. The van der Waals surface area contributed by atoms with Crippen LogP contribution in [0.15, 0.2) is 65.6 Å². The van der Waals surface area contributed by atoms with E-state index in [1.807, 2.05) is 13.0 Å². The second-order valence-electron chi connectivity index (χ2n) is 6.75. The molecule has 0 bridgehead atoms. The molecule has 6 nitrogen and oxygen atoms in total. The Morgan fingerprint density at radius 2 is 1.73 bits per heavy atom. The number of methoxy groups -OCH3 is 1. The Morgan fingerprint density at radius 3 is 2.43 bits per heavy atom. The fourth-order valence-electron chi connectivity index (χ4n) is 2.94. The fourth-order valence-corrected chi connectivity index (χ4v) is 4.26. The van der Waals surface area contributed by atoms with Gasteiger partial charge in [0.05, 0.1) is 17.6 Å². The molecule has 30 heavy (non-hydrogen) atoms. The summed E-state index contributed by atoms with van der Waals surface area (Å²) in [7, 11) is -2.52. The number of amides is 1. The van der Waals surface area contributed by atoms with Crippen molar-refractivity contribution >= 4 is 27.3 Å². The highest BCUT2D eigenvalue weighted by molar-refractivity contribution is 7.92. The van der Waals surface area contributed by atoms with Gasteiger partial charge in [-0.2, -0.15) is 0 Å². The van der Waals surface area contributed by atoms with Gasteiger partial charge in [0.1, 0.15) is 11.6 Å². The molecule has 0 saturated heterocycles. The van der Waals surface area contributed by atoms with E-state index >= 15 is 0 Å². The number of carbonyl (C=O) groups is 1. The van der Waals surface area contributed by atoms with E-state index in [1.165, 1.54) is 25.3 Å². The molecule has 0 atom stereocenters. The van der Waals surface area contributed by atoms with Gasteiger partial charge < -0.3 is 10.1 Å². The van der Waals surface area contributed by atoms with Gasteiger partial charge in [-0.15, -0.1) is 0 Å². The van der Waals surface area contributed by atoms with Crippen molar-refractivity contribution in [2.45, 2.75) is 18.7 Å². The lowest BCUT2D eigenvalue weighted by Gasteiger charge is -2.14. The normalized spacial score (nSPS) is 11.1. The maximum absolute atomic E-state index is 13.6. The van der Waals surface area contributed by atoms with Crippen molar-refractivity contribution in [2.24, 2.45) is 0 Å². The number of rotatable bonds is 6. The minimum Gasteiger partial charge on any atom is -0.496 e. The molecule has 0 heterocycles. The minimum atomic E-state index is -3.89. The molecule has 3 aromatic rings. The number of hydrogen-bond acceptors (Lipinski definition) is 4. The molecule has 156 valence electrons. The van der Waals surface area contributed by atoms with Gasteiger partial charge in [-0.05, 0) is 67.4 Å². The maximum Gasteiger partial charge on any atom is 0.262 e. The quantitative estimate of drug-likeness (QED) is 0.605. The Bertz CT molecular complexity index is 1210. The molecular formula is C22H21FN2O4S. The number of ether oxygens (including phenoxy) is 1. The Hall–Kier alpha value is -3.39. The van der Waals surface area contributed by atoms with Crippen molar-refractivity contribution in [3.63, 3.8) is 0 Å². The maximum atomic E-state index is 13.6. The van der Waals surface area contributed by atoms with Crippen molar-refractivity contribution in [2.75, 3.05) is 17.1 Å². The summed E-state index contributed by atoms with van der Waals surface area (Å²) in [6.45, 7) is 3.52. The van der Waals surface area contributed by atoms with Crippen molar-refractivity contribution in [3.05, 3.63) is 83.2 Å². The number of nitrogens with one attached hydrogen (secondary N) is 2. The SMILES string of the molecule is COc1ccc(F)cc1C(=O)Nc1ccc(C)c(S(=O)(=O)Nc2cccc(C)c2)c1. The molecule has 0 spiro atoms. The highest BCUT2D eigenvalue weighted by Crippen LogP contribution is 2.25. The summed E-state index contributed by atoms with van der Waals surface area (Å²) in [4.78, 5) is 12.6. The van der Waals surface area contributed by atoms with Gasteiger partial charge in [-0.3, -0.25) is 9.52 Å². The fraction of sp³-hybridized carbons (Fsp3) is 0.136. The van der Waals surface area contributed by atoms with Crippen LogP contribution in [0.25, 0.3) is 0 Å². The minimum absolute atomic E-state index is 0.000341. The van der Waals surface area contributed by atoms with Gasteiger partial charge in [0.25, 0.3) is 15.9 Å². The molecule has 0 fully saturated rings. The lowest BCUT2D eigenvalue weighted by molar-refractivity contribution is 0.102. The van der Waals surface area contributed by atoms with E-state index < -0.39 is 21.7 Å². The molecule has 3 aromatic carbocycles. The second-order valence-corrected chi connectivity index (χ2v) is 8.40. The highest BCUT2D eigenvalue weighted by atomic mass is 32.2. The van der Waals surface area contributed by atoms with Crippen LogP contribution in [-0.2, 0) is 10.0 Å². The summed E-state index contributed by atoms with van der Waals surface area (Å²) in [6.07, 6.45) is 0. The van der Waals surface area contributed by atoms with Gasteiger partial charge in [-0.1, -0.05) is 18.2 Å². The van der Waals surface area contributed by atoms with E-state index in [2.05, 4.69) is 10.0 Å². The van der Waals surface area contributed by atoms with Gasteiger partial charge >= 0.3 is 0 Å². The number of anilines is 2. The average molecular weight is 428 g/mol.